The molecule has 8 nitrogen and oxygen atoms in total. The van der Waals surface area contributed by atoms with E-state index in [4.69, 9.17) is 9.47 Å². The van der Waals surface area contributed by atoms with Crippen LogP contribution in [0.5, 0.6) is 11.5 Å². The molecule has 178 valence electrons. The molecule has 3 aromatic rings. The van der Waals surface area contributed by atoms with Gasteiger partial charge in [0.15, 0.2) is 16.7 Å². The van der Waals surface area contributed by atoms with Crippen LogP contribution in [0.3, 0.4) is 0 Å². The number of carbonyl (C=O) groups is 1. The van der Waals surface area contributed by atoms with Crippen molar-refractivity contribution in [3.63, 3.8) is 0 Å². The molecule has 0 saturated carbocycles. The van der Waals surface area contributed by atoms with Crippen molar-refractivity contribution in [1.82, 2.24) is 5.32 Å². The second kappa shape index (κ2) is 10.9. The lowest BCUT2D eigenvalue weighted by molar-refractivity contribution is -0.384. The molecule has 0 atom stereocenters. The Labute approximate surface area is 217 Å². The van der Waals surface area contributed by atoms with E-state index in [2.05, 4.69) is 32.9 Å². The summed E-state index contributed by atoms with van der Waals surface area (Å²) in [6, 6.07) is 15.4. The van der Waals surface area contributed by atoms with Gasteiger partial charge in [-0.3, -0.25) is 14.9 Å². The number of nitrogens with zero attached hydrogens (tertiary/aromatic N) is 2. The van der Waals surface area contributed by atoms with Crippen LogP contribution in [0.4, 0.5) is 15.8 Å². The third-order valence-corrected chi connectivity index (χ3v) is 6.50. The van der Waals surface area contributed by atoms with Gasteiger partial charge >= 0.3 is 0 Å². The molecule has 1 N–H and O–H groups in total. The molecule has 11 heteroatoms. The number of aliphatic imine (C=N–C) groups is 1. The molecule has 0 spiro atoms. The monoisotopic (exact) mass is 605 g/mol. The molecule has 0 unspecified atom stereocenters. The number of halogens is 2. The number of ether oxygens (including phenoxy) is 2. The summed E-state index contributed by atoms with van der Waals surface area (Å²) in [6.07, 6.45) is 1.72. The summed E-state index contributed by atoms with van der Waals surface area (Å²) in [5.41, 5.74) is 2.04. The van der Waals surface area contributed by atoms with Crippen LogP contribution in [0.2, 0.25) is 0 Å². The summed E-state index contributed by atoms with van der Waals surface area (Å²) in [7, 11) is 1.52. The molecule has 1 aliphatic rings. The number of thioether (sulfide) groups is 1. The molecule has 3 aromatic carbocycles. The Kier molecular flexibility index (Phi) is 7.66. The van der Waals surface area contributed by atoms with Crippen LogP contribution in [-0.2, 0) is 11.4 Å². The van der Waals surface area contributed by atoms with Gasteiger partial charge in [0.1, 0.15) is 12.4 Å². The molecule has 0 aliphatic carbocycles. The number of hydrogen-bond donors (Lipinski definition) is 1. The summed E-state index contributed by atoms with van der Waals surface area (Å²) < 4.78 is 25.3. The van der Waals surface area contributed by atoms with Crippen molar-refractivity contribution in [2.45, 2.75) is 6.61 Å². The third-order valence-electron chi connectivity index (χ3n) is 4.79. The van der Waals surface area contributed by atoms with Crippen LogP contribution < -0.4 is 14.8 Å². The number of hydrogen-bond acceptors (Lipinski definition) is 7. The Morgan fingerprint density at radius 1 is 1.17 bits per heavy atom. The first-order chi connectivity index (χ1) is 16.8. The lowest BCUT2D eigenvalue weighted by atomic mass is 10.1. The molecule has 4 rings (SSSR count). The van der Waals surface area contributed by atoms with E-state index in [0.717, 1.165) is 14.7 Å². The predicted molar refractivity (Wildman–Crippen MR) is 140 cm³/mol. The zero-order valence-corrected chi connectivity index (χ0v) is 21.1. The Hall–Kier alpha value is -3.45. The molecular weight excluding hydrogens is 588 g/mol. The molecule has 1 saturated heterocycles. The van der Waals surface area contributed by atoms with Gasteiger partial charge in [-0.05, 0) is 100 Å². The van der Waals surface area contributed by atoms with Gasteiger partial charge in [-0.25, -0.2) is 9.38 Å². The summed E-state index contributed by atoms with van der Waals surface area (Å²) >= 11 is 3.30. The molecule has 1 fully saturated rings. The third kappa shape index (κ3) is 6.17. The molecule has 35 heavy (non-hydrogen) atoms. The average Bonchev–Trinajstić information content (AvgIpc) is 3.18. The van der Waals surface area contributed by atoms with E-state index in [1.54, 1.807) is 24.3 Å². The summed E-state index contributed by atoms with van der Waals surface area (Å²) in [6.45, 7) is 0.201. The fourth-order valence-corrected chi connectivity index (χ4v) is 4.72. The van der Waals surface area contributed by atoms with Crippen molar-refractivity contribution in [2.24, 2.45) is 4.99 Å². The normalized spacial score (nSPS) is 15.3. The smallest absolute Gasteiger partial charge is 0.269 e. The zero-order chi connectivity index (χ0) is 24.9. The predicted octanol–water partition coefficient (Wildman–Crippen LogP) is 5.82. The summed E-state index contributed by atoms with van der Waals surface area (Å²) in [4.78, 5) is 27.6. The lowest BCUT2D eigenvalue weighted by Gasteiger charge is -2.14. The van der Waals surface area contributed by atoms with Gasteiger partial charge in [0.05, 0.1) is 26.2 Å². The highest BCUT2D eigenvalue weighted by Gasteiger charge is 2.24. The number of non-ortho nitro benzene ring substituents is 1. The van der Waals surface area contributed by atoms with Crippen LogP contribution in [-0.4, -0.2) is 23.1 Å². The fraction of sp³-hybridized carbons (Fsp3) is 0.0833. The van der Waals surface area contributed by atoms with Gasteiger partial charge < -0.3 is 14.8 Å². The SMILES string of the molecule is COc1cc(/C=C2/SC(=Nc3ccc(F)cc3)NC2=O)cc(I)c1OCc1ccc([N+](=O)[O-])cc1. The molecule has 1 amide bonds. The Morgan fingerprint density at radius 2 is 1.89 bits per heavy atom. The van der Waals surface area contributed by atoms with Crippen LogP contribution in [0.25, 0.3) is 6.08 Å². The van der Waals surface area contributed by atoms with Gasteiger partial charge in [-0.1, -0.05) is 0 Å². The number of nitrogens with one attached hydrogen (secondary N) is 1. The van der Waals surface area contributed by atoms with E-state index in [1.807, 2.05) is 6.07 Å². The van der Waals surface area contributed by atoms with Crippen LogP contribution in [0.15, 0.2) is 70.6 Å². The second-order valence-corrected chi connectivity index (χ2v) is 9.40. The summed E-state index contributed by atoms with van der Waals surface area (Å²) in [5, 5.41) is 13.9. The first kappa shape index (κ1) is 24.7. The number of methoxy groups -OCH3 is 1. The Morgan fingerprint density at radius 3 is 2.54 bits per heavy atom. The van der Waals surface area contributed by atoms with Crippen molar-refractivity contribution in [1.29, 1.82) is 0 Å². The van der Waals surface area contributed by atoms with E-state index in [9.17, 15) is 19.3 Å². The quantitative estimate of drug-likeness (QED) is 0.158. The number of nitro groups is 1. The maximum atomic E-state index is 13.1. The molecular formula is C24H17FIN3O5S. The highest BCUT2D eigenvalue weighted by Crippen LogP contribution is 2.36. The lowest BCUT2D eigenvalue weighted by Crippen LogP contribution is -2.19. The highest BCUT2D eigenvalue weighted by atomic mass is 127. The van der Waals surface area contributed by atoms with E-state index in [-0.39, 0.29) is 24.0 Å². The number of amides is 1. The number of nitro benzene ring substituents is 1. The Balaban J connectivity index is 1.50. The van der Waals surface area contributed by atoms with Gasteiger partial charge in [-0.2, -0.15) is 0 Å². The number of benzene rings is 3. The van der Waals surface area contributed by atoms with Crippen LogP contribution in [0.1, 0.15) is 11.1 Å². The van der Waals surface area contributed by atoms with Gasteiger partial charge in [0.25, 0.3) is 11.6 Å². The van der Waals surface area contributed by atoms with E-state index in [0.29, 0.717) is 27.3 Å². The first-order valence-corrected chi connectivity index (χ1v) is 12.0. The minimum atomic E-state index is -0.454. The minimum Gasteiger partial charge on any atom is -0.493 e. The van der Waals surface area contributed by atoms with Crippen molar-refractivity contribution >= 4 is 62.9 Å². The van der Waals surface area contributed by atoms with Crippen molar-refractivity contribution in [2.75, 3.05) is 7.11 Å². The largest absolute Gasteiger partial charge is 0.493 e. The molecule has 0 aromatic heterocycles. The standard InChI is InChI=1S/C24H17FIN3O5S/c1-33-20-11-15(10-19(26)22(20)34-13-14-2-8-18(9-3-14)29(31)32)12-21-23(30)28-24(35-21)27-17-6-4-16(25)5-7-17/h2-12H,13H2,1H3,(H,27,28,30)/b21-12+. The minimum absolute atomic E-state index is 0.0120. The van der Waals surface area contributed by atoms with Crippen molar-refractivity contribution in [3.8, 4) is 11.5 Å². The zero-order valence-electron chi connectivity index (χ0n) is 18.2. The van der Waals surface area contributed by atoms with E-state index < -0.39 is 4.92 Å². The fourth-order valence-electron chi connectivity index (χ4n) is 3.10. The topological polar surface area (TPSA) is 103 Å². The van der Waals surface area contributed by atoms with Crippen LogP contribution >= 0.6 is 34.4 Å². The molecule has 1 aliphatic heterocycles. The average molecular weight is 605 g/mol. The maximum Gasteiger partial charge on any atom is 0.269 e. The second-order valence-electron chi connectivity index (χ2n) is 7.20. The Bertz CT molecular complexity index is 1340. The van der Waals surface area contributed by atoms with Crippen molar-refractivity contribution < 1.29 is 23.6 Å². The van der Waals surface area contributed by atoms with E-state index in [1.165, 1.54) is 55.3 Å². The van der Waals surface area contributed by atoms with Gasteiger partial charge in [0.2, 0.25) is 0 Å². The molecule has 0 bridgehead atoms. The summed E-state index contributed by atoms with van der Waals surface area (Å²) in [5.74, 6) is 0.356. The van der Waals surface area contributed by atoms with E-state index >= 15 is 0 Å². The number of rotatable bonds is 7. The maximum absolute atomic E-state index is 13.1. The number of carbonyl (C=O) groups excluding carboxylic acids is 1. The van der Waals surface area contributed by atoms with Crippen molar-refractivity contribution in [3.05, 3.63) is 96.2 Å². The molecule has 1 heterocycles. The van der Waals surface area contributed by atoms with Gasteiger partial charge in [0, 0.05) is 12.1 Å². The van der Waals surface area contributed by atoms with Gasteiger partial charge in [-0.15, -0.1) is 0 Å². The molecule has 0 radical (unpaired) electrons. The van der Waals surface area contributed by atoms with Crippen LogP contribution in [0, 0.1) is 19.5 Å². The number of amidine groups is 1. The highest BCUT2D eigenvalue weighted by molar-refractivity contribution is 14.1. The first-order valence-electron chi connectivity index (χ1n) is 10.1.